The zero-order chi connectivity index (χ0) is 46.6. The molecule has 362 valence electrons. The van der Waals surface area contributed by atoms with Crippen LogP contribution in [0.25, 0.3) is 0 Å². The summed E-state index contributed by atoms with van der Waals surface area (Å²) < 4.78 is 13.8. The molecule has 0 saturated carbocycles. The van der Waals surface area contributed by atoms with Crippen molar-refractivity contribution in [2.75, 3.05) is 38.6 Å². The normalized spacial score (nSPS) is 13.0. The van der Waals surface area contributed by atoms with Crippen LogP contribution in [-0.2, 0) is 13.6 Å². The molecule has 0 aliphatic carbocycles. The van der Waals surface area contributed by atoms with Crippen LogP contribution in [0.4, 0.5) is 0 Å². The van der Waals surface area contributed by atoms with Crippen molar-refractivity contribution in [3.8, 4) is 0 Å². The average Bonchev–Trinajstić information content (AvgIpc) is 3.28. The van der Waals surface area contributed by atoms with Gasteiger partial charge in [0.25, 0.3) is 0 Å². The second-order valence-electron chi connectivity index (χ2n) is 21.5. The van der Waals surface area contributed by atoms with E-state index < -0.39 is 16.6 Å². The lowest BCUT2D eigenvalue weighted by molar-refractivity contribution is 0.163. The van der Waals surface area contributed by atoms with Crippen LogP contribution < -0.4 is 0 Å². The molecule has 0 spiro atoms. The van der Waals surface area contributed by atoms with Gasteiger partial charge in [0, 0.05) is 26.3 Å². The van der Waals surface area contributed by atoms with Crippen LogP contribution in [0.3, 0.4) is 0 Å². The SMILES string of the molecule is CCCCCCCCCCCC(C)(C)[Si](C)(C)OCCN(CCCSC(c1ccccc1)(c1ccccc1)c1ccccc1)CCO[Si](C)(C)C(C)(C)CCCCCCCCCCC. The van der Waals surface area contributed by atoms with Crippen LogP contribution in [-0.4, -0.2) is 60.1 Å². The Labute approximate surface area is 403 Å². The Morgan fingerprint density at radius 3 is 1.06 bits per heavy atom. The van der Waals surface area contributed by atoms with Gasteiger partial charge in [0.15, 0.2) is 16.6 Å². The number of rotatable bonds is 38. The summed E-state index contributed by atoms with van der Waals surface area (Å²) in [6, 6.07) is 33.5. The Balaban J connectivity index is 1.65. The number of benzene rings is 3. The number of thioether (sulfide) groups is 1. The van der Waals surface area contributed by atoms with Gasteiger partial charge < -0.3 is 8.85 Å². The highest BCUT2D eigenvalue weighted by molar-refractivity contribution is 8.00. The van der Waals surface area contributed by atoms with Gasteiger partial charge in [-0.1, -0.05) is 248 Å². The van der Waals surface area contributed by atoms with E-state index in [9.17, 15) is 0 Å². The molecular formula is C58H99NO2SSi2. The molecule has 3 nitrogen and oxygen atoms in total. The van der Waals surface area contributed by atoms with Gasteiger partial charge in [0.1, 0.15) is 0 Å². The Morgan fingerprint density at radius 1 is 0.422 bits per heavy atom. The molecule has 0 amide bonds. The average molecular weight is 931 g/mol. The Kier molecular flexibility index (Phi) is 27.1. The molecule has 3 aromatic rings. The van der Waals surface area contributed by atoms with E-state index in [1.165, 1.54) is 145 Å². The van der Waals surface area contributed by atoms with Crippen molar-refractivity contribution in [2.45, 2.75) is 217 Å². The van der Waals surface area contributed by atoms with Crippen LogP contribution >= 0.6 is 11.8 Å². The lowest BCUT2D eigenvalue weighted by atomic mass is 9.84. The van der Waals surface area contributed by atoms with E-state index in [-0.39, 0.29) is 14.8 Å². The van der Waals surface area contributed by atoms with E-state index in [2.05, 4.69) is 175 Å². The van der Waals surface area contributed by atoms with Gasteiger partial charge in [-0.15, -0.1) is 11.8 Å². The van der Waals surface area contributed by atoms with Gasteiger partial charge in [-0.05, 0) is 84.5 Å². The molecule has 0 radical (unpaired) electrons. The fourth-order valence-electron chi connectivity index (χ4n) is 9.23. The lowest BCUT2D eigenvalue weighted by Crippen LogP contribution is -2.46. The Hall–Kier alpha value is -1.68. The third-order valence-electron chi connectivity index (χ3n) is 15.3. The van der Waals surface area contributed by atoms with Crippen LogP contribution in [0.2, 0.25) is 36.3 Å². The second-order valence-corrected chi connectivity index (χ2v) is 32.1. The summed E-state index contributed by atoms with van der Waals surface area (Å²) in [5.74, 6) is 1.05. The van der Waals surface area contributed by atoms with Crippen LogP contribution in [0.1, 0.15) is 193 Å². The van der Waals surface area contributed by atoms with Crippen molar-refractivity contribution in [1.29, 1.82) is 0 Å². The first-order chi connectivity index (χ1) is 30.7. The number of hydrogen-bond donors (Lipinski definition) is 0. The van der Waals surface area contributed by atoms with Gasteiger partial charge in [0.05, 0.1) is 4.75 Å². The highest BCUT2D eigenvalue weighted by Gasteiger charge is 2.42. The van der Waals surface area contributed by atoms with Crippen molar-refractivity contribution in [2.24, 2.45) is 0 Å². The van der Waals surface area contributed by atoms with Crippen molar-refractivity contribution in [3.63, 3.8) is 0 Å². The molecule has 3 aromatic carbocycles. The quantitative estimate of drug-likeness (QED) is 0.0324. The standard InChI is InChI=1S/C58H99NO2SSi2/c1-11-13-15-17-19-21-23-25-36-45-56(3,4)63(7,8)60-50-48-59(49-51-61-64(9,10)57(5,6)46-37-26-24-22-20-18-16-14-12-2)47-38-52-62-58(53-39-30-27-31-40-53,54-41-32-28-33-42-54)55-43-34-29-35-44-55/h27-35,39-44H,11-26,36-38,45-52H2,1-10H3. The van der Waals surface area contributed by atoms with Crippen LogP contribution in [0, 0.1) is 0 Å². The summed E-state index contributed by atoms with van der Waals surface area (Å²) in [7, 11) is -3.87. The molecule has 0 bridgehead atoms. The third kappa shape index (κ3) is 19.5. The fourth-order valence-corrected chi connectivity index (χ4v) is 14.3. The monoisotopic (exact) mass is 930 g/mol. The van der Waals surface area contributed by atoms with Gasteiger partial charge >= 0.3 is 0 Å². The largest absolute Gasteiger partial charge is 0.416 e. The molecule has 0 fully saturated rings. The zero-order valence-corrected chi connectivity index (χ0v) is 46.2. The molecule has 0 heterocycles. The number of unbranched alkanes of at least 4 members (excludes halogenated alkanes) is 16. The zero-order valence-electron chi connectivity index (χ0n) is 43.4. The molecular weight excluding hydrogens is 831 g/mol. The second kappa shape index (κ2) is 30.7. The minimum atomic E-state index is -1.93. The van der Waals surface area contributed by atoms with Gasteiger partial charge in [0.2, 0.25) is 0 Å². The topological polar surface area (TPSA) is 21.7 Å². The molecule has 0 saturated heterocycles. The summed E-state index contributed by atoms with van der Waals surface area (Å²) in [5, 5.41) is 0.508. The molecule has 0 unspecified atom stereocenters. The summed E-state index contributed by atoms with van der Waals surface area (Å²) in [4.78, 5) is 2.67. The Morgan fingerprint density at radius 2 is 0.734 bits per heavy atom. The molecule has 0 atom stereocenters. The maximum Gasteiger partial charge on any atom is 0.192 e. The third-order valence-corrected chi connectivity index (χ3v) is 25.8. The highest BCUT2D eigenvalue weighted by atomic mass is 32.2. The molecule has 3 rings (SSSR count). The first-order valence-electron chi connectivity index (χ1n) is 26.5. The summed E-state index contributed by atoms with van der Waals surface area (Å²) >= 11 is 2.09. The van der Waals surface area contributed by atoms with E-state index in [0.29, 0.717) is 0 Å². The van der Waals surface area contributed by atoms with Crippen molar-refractivity contribution < 1.29 is 8.85 Å². The van der Waals surface area contributed by atoms with Crippen molar-refractivity contribution >= 4 is 28.4 Å². The fraction of sp³-hybridized carbons (Fsp3) is 0.690. The predicted molar refractivity (Wildman–Crippen MR) is 291 cm³/mol. The van der Waals surface area contributed by atoms with E-state index >= 15 is 0 Å². The minimum Gasteiger partial charge on any atom is -0.416 e. The minimum absolute atomic E-state index is 0.254. The maximum absolute atomic E-state index is 7.05. The van der Waals surface area contributed by atoms with Gasteiger partial charge in [-0.25, -0.2) is 0 Å². The smallest absolute Gasteiger partial charge is 0.192 e. The first kappa shape index (κ1) is 56.6. The molecule has 0 aliphatic rings. The van der Waals surface area contributed by atoms with E-state index in [4.69, 9.17) is 8.85 Å². The number of hydrogen-bond acceptors (Lipinski definition) is 4. The molecule has 64 heavy (non-hydrogen) atoms. The molecule has 0 N–H and O–H groups in total. The van der Waals surface area contributed by atoms with E-state index in [1.807, 2.05) is 0 Å². The summed E-state index contributed by atoms with van der Waals surface area (Å²) in [5.41, 5.74) is 4.02. The summed E-state index contributed by atoms with van der Waals surface area (Å²) in [6.45, 7) is 29.1. The van der Waals surface area contributed by atoms with E-state index in [1.54, 1.807) is 0 Å². The van der Waals surface area contributed by atoms with Crippen molar-refractivity contribution in [3.05, 3.63) is 108 Å². The van der Waals surface area contributed by atoms with Gasteiger partial charge in [-0.3, -0.25) is 4.90 Å². The van der Waals surface area contributed by atoms with Crippen LogP contribution in [0.15, 0.2) is 91.0 Å². The molecule has 0 aliphatic heterocycles. The van der Waals surface area contributed by atoms with E-state index in [0.717, 1.165) is 45.0 Å². The number of nitrogens with zero attached hydrogens (tertiary/aromatic N) is 1. The Bertz CT molecular complexity index is 1430. The van der Waals surface area contributed by atoms with Crippen molar-refractivity contribution in [1.82, 2.24) is 4.90 Å². The maximum atomic E-state index is 7.05. The van der Waals surface area contributed by atoms with Gasteiger partial charge in [-0.2, -0.15) is 0 Å². The lowest BCUT2D eigenvalue weighted by Gasteiger charge is -2.41. The first-order valence-corrected chi connectivity index (χ1v) is 33.3. The molecule has 6 heteroatoms. The molecule has 0 aromatic heterocycles. The van der Waals surface area contributed by atoms with Crippen LogP contribution in [0.5, 0.6) is 0 Å². The highest BCUT2D eigenvalue weighted by Crippen LogP contribution is 2.49. The summed E-state index contributed by atoms with van der Waals surface area (Å²) in [6.07, 6.45) is 28.6. The predicted octanol–water partition coefficient (Wildman–Crippen LogP) is 18.2.